The van der Waals surface area contributed by atoms with Gasteiger partial charge in [0.1, 0.15) is 0 Å². The number of carbonyl (C=O) groups excluding carboxylic acids is 2. The first-order valence-electron chi connectivity index (χ1n) is 8.81. The van der Waals surface area contributed by atoms with Crippen molar-refractivity contribution in [3.8, 4) is 0 Å². The van der Waals surface area contributed by atoms with E-state index in [9.17, 15) is 9.59 Å². The van der Waals surface area contributed by atoms with Crippen LogP contribution in [0.4, 0.5) is 0 Å². The van der Waals surface area contributed by atoms with Crippen LogP contribution in [-0.2, 0) is 14.3 Å². The third-order valence-corrected chi connectivity index (χ3v) is 2.29. The van der Waals surface area contributed by atoms with E-state index in [1.165, 1.54) is 72.3 Å². The number of carbonyl (C=O) groups is 2. The zero-order chi connectivity index (χ0) is 21.5. The minimum atomic E-state index is -0.361. The second-order valence-electron chi connectivity index (χ2n) is 3.99. The lowest BCUT2D eigenvalue weighted by Crippen LogP contribution is -1.88. The van der Waals surface area contributed by atoms with Crippen LogP contribution in [-0.4, -0.2) is 50.0 Å². The fourth-order valence-corrected chi connectivity index (χ4v) is 0.500. The Morgan fingerprint density at radius 2 is 0.957 bits per heavy atom. The highest BCUT2D eigenvalue weighted by Gasteiger charge is 1.95. The van der Waals surface area contributed by atoms with Gasteiger partial charge in [0.15, 0.2) is 0 Å². The van der Waals surface area contributed by atoms with Gasteiger partial charge < -0.3 is 9.84 Å². The number of methoxy groups -OCH3 is 1. The maximum atomic E-state index is 9.59. The van der Waals surface area contributed by atoms with Crippen molar-refractivity contribution in [2.24, 2.45) is 0 Å². The number of aliphatic hydroxyl groups is 1. The normalized spacial score (nSPS) is 12.0. The Hall–Kier alpha value is -0.480. The van der Waals surface area contributed by atoms with Crippen molar-refractivity contribution in [1.82, 2.24) is 0 Å². The Morgan fingerprint density at radius 3 is 0.957 bits per heavy atom. The number of aliphatic hydroxyl groups excluding tert-OH is 1. The van der Waals surface area contributed by atoms with Gasteiger partial charge in [-0.1, -0.05) is 65.2 Å². The van der Waals surface area contributed by atoms with E-state index in [0.29, 0.717) is 0 Å². The van der Waals surface area contributed by atoms with Crippen LogP contribution in [0, 0.1) is 0 Å². The summed E-state index contributed by atoms with van der Waals surface area (Å²) in [7, 11) is 9.85. The van der Waals surface area contributed by atoms with Crippen molar-refractivity contribution in [2.75, 3.05) is 14.2 Å². The van der Waals surface area contributed by atoms with E-state index in [2.05, 4.69) is 33.1 Å². The molecule has 138 valence electrons. The van der Waals surface area contributed by atoms with Gasteiger partial charge in [-0.2, -0.15) is 0 Å². The SMILES string of the molecule is C1CCC1.C1CCC1.CC.CC(=O)Cl.CO.COC(C)=O.[2H][B].[2H][B]. The predicted octanol–water partition coefficient (Wildman–Crippen LogP) is 3.41. The second-order valence-corrected chi connectivity index (χ2v) is 4.53. The molecule has 0 saturated heterocycles. The molecule has 4 nitrogen and oxygen atoms in total. The Morgan fingerprint density at radius 1 is 0.870 bits per heavy atom. The van der Waals surface area contributed by atoms with Crippen LogP contribution in [0.5, 0.6) is 0 Å². The number of esters is 1. The first-order chi connectivity index (χ1) is 12.0. The molecule has 0 heterocycles. The lowest BCUT2D eigenvalue weighted by Gasteiger charge is -2.05. The van der Waals surface area contributed by atoms with Crippen LogP contribution in [0.3, 0.4) is 0 Å². The Balaban J connectivity index is -0.0000000426. The molecule has 0 aromatic rings. The number of rotatable bonds is 0. The molecule has 2 rings (SSSR count). The van der Waals surface area contributed by atoms with Gasteiger partial charge in [0.05, 0.1) is 7.11 Å². The van der Waals surface area contributed by atoms with Crippen LogP contribution in [0.25, 0.3) is 0 Å². The van der Waals surface area contributed by atoms with Gasteiger partial charge >= 0.3 is 5.97 Å². The topological polar surface area (TPSA) is 63.6 Å². The molecule has 0 aromatic carbocycles. The van der Waals surface area contributed by atoms with Crippen LogP contribution in [0.15, 0.2) is 0 Å². The van der Waals surface area contributed by atoms with Crippen LogP contribution in [0.2, 0.25) is 0 Å². The molecule has 1 N–H and O–H groups in total. The molecule has 7 heteroatoms. The quantitative estimate of drug-likeness (QED) is 0.412. The first-order valence-corrected chi connectivity index (χ1v) is 8.03. The summed E-state index contributed by atoms with van der Waals surface area (Å²) in [6.45, 7) is 6.65. The standard InChI is InChI=1S/2C4H8.C3H6O2.C2H3ClO.C2H6.CH4O.2BH/c2*1-2-4-3-1;1-3(4)5-2;1-2(3)4;2*1-2;;/h2*1-4H2;1-2H3;1H3;1-2H3;2H,1H3;2*1H/i;;;;;;2*1D. The molecule has 2 fully saturated rings. The molecule has 0 atom stereocenters. The Kier molecular flexibility index (Phi) is 56.8. The zero-order valence-corrected chi connectivity index (χ0v) is 16.6. The summed E-state index contributed by atoms with van der Waals surface area (Å²) >= 11 is 4.64. The van der Waals surface area contributed by atoms with Gasteiger partial charge in [-0.05, 0) is 14.3 Å². The van der Waals surface area contributed by atoms with E-state index in [1.54, 1.807) is 0 Å². The fraction of sp³-hybridized carbons (Fsp3) is 0.875. The van der Waals surface area contributed by atoms with Crippen LogP contribution in [0.1, 0.15) is 79.1 Å². The van der Waals surface area contributed by atoms with Gasteiger partial charge in [-0.3, -0.25) is 9.59 Å². The summed E-state index contributed by atoms with van der Waals surface area (Å²) in [5.41, 5.74) is 0. The maximum absolute atomic E-state index is 9.59. The van der Waals surface area contributed by atoms with Crippen LogP contribution >= 0.6 is 11.6 Å². The highest BCUT2D eigenvalue weighted by atomic mass is 35.5. The molecule has 0 aliphatic heterocycles. The lowest BCUT2D eigenvalue weighted by molar-refractivity contribution is -0.137. The highest BCUT2D eigenvalue weighted by molar-refractivity contribution is 6.62. The van der Waals surface area contributed by atoms with E-state index in [1.807, 2.05) is 13.8 Å². The van der Waals surface area contributed by atoms with Crippen molar-refractivity contribution < 1.29 is 19.4 Å². The first kappa shape index (κ1) is 30.4. The molecule has 0 bridgehead atoms. The van der Waals surface area contributed by atoms with Gasteiger partial charge in [-0.15, -0.1) is 0 Å². The summed E-state index contributed by atoms with van der Waals surface area (Å²) < 4.78 is 14.6. The Bertz CT molecular complexity index is 189. The third kappa shape index (κ3) is 90.5. The molecule has 2 aliphatic rings. The molecule has 0 aromatic heterocycles. The van der Waals surface area contributed by atoms with Crippen molar-refractivity contribution in [3.63, 3.8) is 0 Å². The van der Waals surface area contributed by atoms with E-state index in [0.717, 1.165) is 7.11 Å². The van der Waals surface area contributed by atoms with Gasteiger partial charge in [-0.25, -0.2) is 0 Å². The summed E-state index contributed by atoms with van der Waals surface area (Å²) in [5, 5.41) is 6.64. The molecule has 0 spiro atoms. The number of hydrogen-bond donors (Lipinski definition) is 1. The van der Waals surface area contributed by atoms with E-state index < -0.39 is 0 Å². The van der Waals surface area contributed by atoms with Gasteiger partial charge in [0.25, 0.3) is 0 Å². The summed E-state index contributed by atoms with van der Waals surface area (Å²) in [4.78, 5) is 18.8. The minimum absolute atomic E-state index is 0.245. The second kappa shape index (κ2) is 43.0. The zero-order valence-electron chi connectivity index (χ0n) is 17.9. The molecule has 2 saturated carbocycles. The lowest BCUT2D eigenvalue weighted by atomic mass is 10.0. The summed E-state index contributed by atoms with van der Waals surface area (Å²) in [6.07, 6.45) is 12.0. The number of ether oxygens (including phenoxy) is 1. The predicted molar refractivity (Wildman–Crippen MR) is 105 cm³/mol. The van der Waals surface area contributed by atoms with Gasteiger partial charge in [0, 0.05) is 37.7 Å². The molecule has 0 unspecified atom stereocenters. The molecule has 0 amide bonds. The molecule has 4 radical (unpaired) electrons. The smallest absolute Gasteiger partial charge is 0.302 e. The van der Waals surface area contributed by atoms with E-state index >= 15 is 0 Å². The van der Waals surface area contributed by atoms with Crippen molar-refractivity contribution >= 4 is 39.6 Å². The fourth-order valence-electron chi connectivity index (χ4n) is 0.500. The van der Waals surface area contributed by atoms with E-state index in [4.69, 9.17) is 7.78 Å². The average molecular weight is 353 g/mol. The van der Waals surface area contributed by atoms with Crippen molar-refractivity contribution in [2.45, 2.75) is 79.1 Å². The highest BCUT2D eigenvalue weighted by Crippen LogP contribution is 2.15. The van der Waals surface area contributed by atoms with E-state index in [-0.39, 0.29) is 11.2 Å². The van der Waals surface area contributed by atoms with Crippen LogP contribution < -0.4 is 0 Å². The molecule has 2 aliphatic carbocycles. The minimum Gasteiger partial charge on any atom is -0.469 e. The van der Waals surface area contributed by atoms with Crippen molar-refractivity contribution in [3.05, 3.63) is 0 Å². The average Bonchev–Trinajstić information content (AvgIpc) is 2.51. The van der Waals surface area contributed by atoms with Crippen molar-refractivity contribution in [1.29, 1.82) is 2.67 Å². The maximum Gasteiger partial charge on any atom is 0.302 e. The van der Waals surface area contributed by atoms with Gasteiger partial charge in [0.2, 0.25) is 5.24 Å². The third-order valence-electron chi connectivity index (χ3n) is 2.29. The molecular weight excluding hydrogens is 313 g/mol. The number of halogens is 1. The number of hydrogen-bond acceptors (Lipinski definition) is 4. The Labute approximate surface area is 155 Å². The summed E-state index contributed by atoms with van der Waals surface area (Å²) in [5.74, 6) is -0.245. The molecule has 23 heavy (non-hydrogen) atoms. The monoisotopic (exact) mass is 352 g/mol. The summed E-state index contributed by atoms with van der Waals surface area (Å²) in [6, 6.07) is 0. The molecular formula is C16H37B2ClO4. The largest absolute Gasteiger partial charge is 0.469 e.